The Morgan fingerprint density at radius 2 is 2.15 bits per heavy atom. The van der Waals surface area contributed by atoms with Crippen molar-refractivity contribution in [3.05, 3.63) is 5.69 Å². The van der Waals surface area contributed by atoms with E-state index < -0.39 is 0 Å². The Hall–Kier alpha value is -1.65. The highest BCUT2D eigenvalue weighted by Gasteiger charge is 2.07. The molecule has 1 rings (SSSR count). The molecule has 0 aromatic carbocycles. The molecule has 13 heavy (non-hydrogen) atoms. The van der Waals surface area contributed by atoms with E-state index in [4.69, 9.17) is 10.5 Å². The van der Waals surface area contributed by atoms with Gasteiger partial charge in [0.2, 0.25) is 0 Å². The Morgan fingerprint density at radius 3 is 2.62 bits per heavy atom. The molecule has 0 bridgehead atoms. The first-order valence-corrected chi connectivity index (χ1v) is 3.85. The zero-order chi connectivity index (χ0) is 9.84. The fourth-order valence-corrected chi connectivity index (χ4v) is 0.943. The van der Waals surface area contributed by atoms with Gasteiger partial charge in [-0.15, -0.1) is 0 Å². The maximum absolute atomic E-state index is 5.64. The van der Waals surface area contributed by atoms with Gasteiger partial charge in [0.15, 0.2) is 5.82 Å². The Bertz CT molecular complexity index is 312. The van der Waals surface area contributed by atoms with E-state index >= 15 is 0 Å². The van der Waals surface area contributed by atoms with E-state index in [2.05, 4.69) is 15.0 Å². The quantitative estimate of drug-likeness (QED) is 0.691. The van der Waals surface area contributed by atoms with Crippen molar-refractivity contribution in [2.24, 2.45) is 4.99 Å². The molecule has 5 heteroatoms. The highest BCUT2D eigenvalue weighted by Crippen LogP contribution is 2.24. The molecule has 1 heterocycles. The molecule has 0 unspecified atom stereocenters. The second kappa shape index (κ2) is 3.84. The molecule has 0 aliphatic carbocycles. The average molecular weight is 180 g/mol. The van der Waals surface area contributed by atoms with Gasteiger partial charge in [0, 0.05) is 6.21 Å². The summed E-state index contributed by atoms with van der Waals surface area (Å²) in [7, 11) is 1.50. The van der Waals surface area contributed by atoms with Gasteiger partial charge in [-0.3, -0.25) is 4.99 Å². The van der Waals surface area contributed by atoms with E-state index in [1.807, 2.05) is 13.8 Å². The Morgan fingerprint density at radius 1 is 1.46 bits per heavy atom. The molecule has 0 aliphatic heterocycles. The molecular formula is C8H12N4O. The number of nitrogens with zero attached hydrogens (tertiary/aromatic N) is 3. The second-order valence-electron chi connectivity index (χ2n) is 2.42. The minimum absolute atomic E-state index is 0.269. The Labute approximate surface area is 76.7 Å². The third-order valence-electron chi connectivity index (χ3n) is 1.51. The molecule has 0 saturated heterocycles. The normalized spacial score (nSPS) is 10.7. The van der Waals surface area contributed by atoms with E-state index in [1.54, 1.807) is 6.21 Å². The number of aromatic nitrogens is 2. The summed E-state index contributed by atoms with van der Waals surface area (Å²) in [6.07, 6.45) is 1.65. The van der Waals surface area contributed by atoms with Crippen molar-refractivity contribution in [3.63, 3.8) is 0 Å². The highest BCUT2D eigenvalue weighted by atomic mass is 16.5. The summed E-state index contributed by atoms with van der Waals surface area (Å²) in [5, 5.41) is 0. The molecule has 0 spiro atoms. The fraction of sp³-hybridized carbons (Fsp3) is 0.375. The largest absolute Gasteiger partial charge is 0.467 e. The number of nitrogens with two attached hydrogens (primary N) is 1. The molecule has 0 saturated carbocycles. The zero-order valence-electron chi connectivity index (χ0n) is 7.90. The summed E-state index contributed by atoms with van der Waals surface area (Å²) in [6.45, 7) is 3.62. The molecule has 0 aliphatic rings. The standard InChI is InChI=1S/C8H12N4O/c1-4-10-6-5(2)11-8(13-3)12-7(6)9/h4H,1-3H3,(H2,9,11,12). The first kappa shape index (κ1) is 9.44. The fourth-order valence-electron chi connectivity index (χ4n) is 0.943. The van der Waals surface area contributed by atoms with Crippen molar-refractivity contribution in [2.75, 3.05) is 12.8 Å². The monoisotopic (exact) mass is 180 g/mol. The zero-order valence-corrected chi connectivity index (χ0v) is 7.90. The van der Waals surface area contributed by atoms with Gasteiger partial charge in [0.25, 0.3) is 0 Å². The number of aryl methyl sites for hydroxylation is 1. The number of hydrogen-bond donors (Lipinski definition) is 1. The number of anilines is 1. The number of hydrogen-bond acceptors (Lipinski definition) is 5. The van der Waals surface area contributed by atoms with Gasteiger partial charge in [-0.1, -0.05) is 0 Å². The van der Waals surface area contributed by atoms with Gasteiger partial charge >= 0.3 is 6.01 Å². The van der Waals surface area contributed by atoms with Crippen LogP contribution in [0.2, 0.25) is 0 Å². The van der Waals surface area contributed by atoms with Gasteiger partial charge < -0.3 is 10.5 Å². The smallest absolute Gasteiger partial charge is 0.318 e. The summed E-state index contributed by atoms with van der Waals surface area (Å²) >= 11 is 0. The molecule has 2 N–H and O–H groups in total. The molecule has 0 radical (unpaired) electrons. The summed E-state index contributed by atoms with van der Waals surface area (Å²) in [5.74, 6) is 0.336. The maximum Gasteiger partial charge on any atom is 0.318 e. The Kier molecular flexibility index (Phi) is 2.79. The molecule has 5 nitrogen and oxygen atoms in total. The van der Waals surface area contributed by atoms with Crippen molar-refractivity contribution < 1.29 is 4.74 Å². The van der Waals surface area contributed by atoms with Crippen LogP contribution in [0.25, 0.3) is 0 Å². The number of nitrogen functional groups attached to an aromatic ring is 1. The van der Waals surface area contributed by atoms with Crippen LogP contribution in [0.3, 0.4) is 0 Å². The topological polar surface area (TPSA) is 73.4 Å². The number of methoxy groups -OCH3 is 1. The van der Waals surface area contributed by atoms with Gasteiger partial charge in [-0.2, -0.15) is 9.97 Å². The van der Waals surface area contributed by atoms with Crippen LogP contribution in [-0.4, -0.2) is 23.3 Å². The van der Waals surface area contributed by atoms with E-state index in [-0.39, 0.29) is 6.01 Å². The minimum atomic E-state index is 0.269. The van der Waals surface area contributed by atoms with Crippen molar-refractivity contribution in [1.29, 1.82) is 0 Å². The molecule has 0 fully saturated rings. The summed E-state index contributed by atoms with van der Waals surface area (Å²) in [4.78, 5) is 12.0. The lowest BCUT2D eigenvalue weighted by Gasteiger charge is -2.04. The van der Waals surface area contributed by atoms with E-state index in [9.17, 15) is 0 Å². The van der Waals surface area contributed by atoms with Gasteiger partial charge in [-0.05, 0) is 13.8 Å². The average Bonchev–Trinajstić information content (AvgIpc) is 2.11. The van der Waals surface area contributed by atoms with Crippen LogP contribution in [0.4, 0.5) is 11.5 Å². The molecule has 1 aromatic rings. The van der Waals surface area contributed by atoms with Crippen molar-refractivity contribution in [1.82, 2.24) is 9.97 Å². The van der Waals surface area contributed by atoms with E-state index in [0.29, 0.717) is 17.2 Å². The van der Waals surface area contributed by atoms with Crippen LogP contribution in [0.15, 0.2) is 4.99 Å². The van der Waals surface area contributed by atoms with Crippen LogP contribution >= 0.6 is 0 Å². The van der Waals surface area contributed by atoms with Crippen LogP contribution < -0.4 is 10.5 Å². The maximum atomic E-state index is 5.64. The SMILES string of the molecule is CC=Nc1c(C)nc(OC)nc1N. The predicted octanol–water partition coefficient (Wildman–Crippen LogP) is 1.10. The van der Waals surface area contributed by atoms with Gasteiger partial charge in [-0.25, -0.2) is 0 Å². The number of ether oxygens (including phenoxy) is 1. The van der Waals surface area contributed by atoms with E-state index in [1.165, 1.54) is 7.11 Å². The summed E-state index contributed by atoms with van der Waals surface area (Å²) < 4.78 is 4.85. The lowest BCUT2D eigenvalue weighted by atomic mass is 10.3. The highest BCUT2D eigenvalue weighted by molar-refractivity contribution is 5.68. The lowest BCUT2D eigenvalue weighted by molar-refractivity contribution is 0.379. The molecule has 0 amide bonds. The Balaban J connectivity index is 3.22. The number of rotatable bonds is 2. The first-order chi connectivity index (χ1) is 6.19. The van der Waals surface area contributed by atoms with Gasteiger partial charge in [0.1, 0.15) is 5.69 Å². The predicted molar refractivity (Wildman–Crippen MR) is 51.6 cm³/mol. The van der Waals surface area contributed by atoms with Crippen molar-refractivity contribution >= 4 is 17.7 Å². The molecular weight excluding hydrogens is 168 g/mol. The van der Waals surface area contributed by atoms with Crippen molar-refractivity contribution in [2.45, 2.75) is 13.8 Å². The number of aliphatic imine (C=N–C) groups is 1. The van der Waals surface area contributed by atoms with Crippen molar-refractivity contribution in [3.8, 4) is 6.01 Å². The first-order valence-electron chi connectivity index (χ1n) is 3.85. The van der Waals surface area contributed by atoms with E-state index in [0.717, 1.165) is 0 Å². The summed E-state index contributed by atoms with van der Waals surface area (Å²) in [6, 6.07) is 0.269. The van der Waals surface area contributed by atoms with Crippen LogP contribution in [0.1, 0.15) is 12.6 Å². The third-order valence-corrected chi connectivity index (χ3v) is 1.51. The van der Waals surface area contributed by atoms with Crippen LogP contribution in [-0.2, 0) is 0 Å². The lowest BCUT2D eigenvalue weighted by Crippen LogP contribution is -1.99. The second-order valence-corrected chi connectivity index (χ2v) is 2.42. The third kappa shape index (κ3) is 1.93. The molecule has 1 aromatic heterocycles. The molecule has 70 valence electrons. The summed E-state index contributed by atoms with van der Waals surface area (Å²) in [5.41, 5.74) is 6.95. The van der Waals surface area contributed by atoms with Gasteiger partial charge in [0.05, 0.1) is 12.8 Å². The van der Waals surface area contributed by atoms with Crippen LogP contribution in [0, 0.1) is 6.92 Å². The minimum Gasteiger partial charge on any atom is -0.467 e. The van der Waals surface area contributed by atoms with Crippen LogP contribution in [0.5, 0.6) is 6.01 Å². The molecule has 0 atom stereocenters.